The summed E-state index contributed by atoms with van der Waals surface area (Å²) in [4.78, 5) is 67.1. The number of ether oxygens (including phenoxy) is 2. The molecule has 6 rings (SSSR count). The summed E-state index contributed by atoms with van der Waals surface area (Å²) in [6, 6.07) is 17.9. The van der Waals surface area contributed by atoms with E-state index in [0.717, 1.165) is 47.9 Å². The van der Waals surface area contributed by atoms with Crippen LogP contribution in [0, 0.1) is 18.8 Å². The van der Waals surface area contributed by atoms with Gasteiger partial charge in [-0.25, -0.2) is 9.59 Å². The number of carbonyl (C=O) groups is 5. The first-order valence-electron chi connectivity index (χ1n) is 25.2. The van der Waals surface area contributed by atoms with Crippen LogP contribution in [-0.2, 0) is 40.6 Å². The van der Waals surface area contributed by atoms with E-state index in [-0.39, 0.29) is 64.3 Å². The molecule has 0 spiro atoms. The summed E-state index contributed by atoms with van der Waals surface area (Å²) >= 11 is 0. The first-order chi connectivity index (χ1) is 34.6. The van der Waals surface area contributed by atoms with Crippen LogP contribution in [-0.4, -0.2) is 96.6 Å². The Morgan fingerprint density at radius 3 is 2.00 bits per heavy atom. The monoisotopic (exact) mass is 1050 g/mol. The second kappa shape index (κ2) is 23.2. The smallest absolute Gasteiger partial charge is 0.412 e. The van der Waals surface area contributed by atoms with E-state index in [1.165, 1.54) is 24.3 Å². The maximum atomic E-state index is 14.6. The lowest BCUT2D eigenvalue weighted by atomic mass is 9.81. The van der Waals surface area contributed by atoms with Crippen molar-refractivity contribution in [1.29, 1.82) is 0 Å². The van der Waals surface area contributed by atoms with E-state index in [1.807, 2.05) is 54.4 Å². The molecule has 20 heteroatoms. The molecule has 1 heterocycles. The summed E-state index contributed by atoms with van der Waals surface area (Å²) in [6.45, 7) is 19.0. The van der Waals surface area contributed by atoms with Gasteiger partial charge < -0.3 is 40.2 Å². The number of H-pyrrole nitrogens is 1. The summed E-state index contributed by atoms with van der Waals surface area (Å²) in [6.07, 6.45) is 5.81. The second-order valence-corrected chi connectivity index (χ2v) is 26.9. The third kappa shape index (κ3) is 14.4. The number of halogens is 4. The molecule has 4 amide bonds. The van der Waals surface area contributed by atoms with Crippen molar-refractivity contribution in [3.63, 3.8) is 0 Å². The van der Waals surface area contributed by atoms with Crippen molar-refractivity contribution in [3.8, 4) is 22.5 Å². The Morgan fingerprint density at radius 1 is 0.797 bits per heavy atom. The largest absolute Gasteiger partial charge is 0.464 e. The number of amides is 4. The number of aromatic nitrogens is 3. The number of methoxy groups -OCH3 is 1. The van der Waals surface area contributed by atoms with E-state index in [9.17, 15) is 41.5 Å². The van der Waals surface area contributed by atoms with Gasteiger partial charge in [0.2, 0.25) is 17.6 Å². The third-order valence-electron chi connectivity index (χ3n) is 14.3. The van der Waals surface area contributed by atoms with Gasteiger partial charge in [0.15, 0.2) is 14.1 Å². The Hall–Kier alpha value is -6.15. The molecule has 0 aliphatic heterocycles. The van der Waals surface area contributed by atoms with E-state index < -0.39 is 55.6 Å². The SMILES string of the molecule is COC(=O)C(F)(F)C(F)(F)c1nnc(-c2ccc(NC(=O)[C@@H](Cc3ccc(-c4ccc(C(=O)N[C@H]5CC[C@H](O[Si](C)(C)C(C)(C)C)CC5)cc4C)cc3)NC(=O)[C@H]3CC[C@H](CNC(=O)OC(C)(C)C)CC3)cc2)[nH]1. The van der Waals surface area contributed by atoms with Crippen LogP contribution in [0.25, 0.3) is 22.5 Å². The van der Waals surface area contributed by atoms with Crippen LogP contribution in [0.2, 0.25) is 18.1 Å². The lowest BCUT2D eigenvalue weighted by molar-refractivity contribution is -0.233. The van der Waals surface area contributed by atoms with Gasteiger partial charge in [-0.05, 0) is 162 Å². The number of aryl methyl sites for hydroxylation is 1. The van der Waals surface area contributed by atoms with Crippen molar-refractivity contribution >= 4 is 43.8 Å². The van der Waals surface area contributed by atoms with Crippen LogP contribution < -0.4 is 21.3 Å². The molecule has 0 radical (unpaired) electrons. The molecule has 2 fully saturated rings. The lowest BCUT2D eigenvalue weighted by Gasteiger charge is -2.41. The average Bonchev–Trinajstić information content (AvgIpc) is 3.85. The fraction of sp³-hybridized carbons (Fsp3) is 0.537. The van der Waals surface area contributed by atoms with E-state index in [1.54, 1.807) is 20.8 Å². The number of anilines is 1. The minimum atomic E-state index is -5.23. The number of carbonyl (C=O) groups excluding carboxylic acids is 5. The van der Waals surface area contributed by atoms with Crippen molar-refractivity contribution in [3.05, 3.63) is 89.2 Å². The summed E-state index contributed by atoms with van der Waals surface area (Å²) in [7, 11) is -1.32. The summed E-state index contributed by atoms with van der Waals surface area (Å²) in [5, 5.41) is 18.7. The quantitative estimate of drug-likeness (QED) is 0.0385. The van der Waals surface area contributed by atoms with E-state index in [2.05, 4.69) is 70.1 Å². The Morgan fingerprint density at radius 2 is 1.42 bits per heavy atom. The number of alkyl halides is 4. The molecule has 0 saturated heterocycles. The zero-order chi connectivity index (χ0) is 54.4. The predicted octanol–water partition coefficient (Wildman–Crippen LogP) is 10.4. The van der Waals surface area contributed by atoms with Crippen molar-refractivity contribution in [2.45, 2.75) is 160 Å². The number of aromatic amines is 1. The highest BCUT2D eigenvalue weighted by molar-refractivity contribution is 6.74. The molecule has 2 aliphatic rings. The molecular weight excluding hydrogens is 979 g/mol. The maximum absolute atomic E-state index is 14.6. The highest BCUT2D eigenvalue weighted by atomic mass is 28.4. The van der Waals surface area contributed by atoms with E-state index in [4.69, 9.17) is 9.16 Å². The van der Waals surface area contributed by atoms with Crippen LogP contribution in [0.1, 0.15) is 120 Å². The topological polar surface area (TPSA) is 203 Å². The normalized spacial score (nSPS) is 19.2. The number of esters is 1. The molecule has 0 unspecified atom stereocenters. The maximum Gasteiger partial charge on any atom is 0.412 e. The van der Waals surface area contributed by atoms with Gasteiger partial charge in [0.25, 0.3) is 5.91 Å². The fourth-order valence-corrected chi connectivity index (χ4v) is 10.3. The van der Waals surface area contributed by atoms with Crippen molar-refractivity contribution in [1.82, 2.24) is 31.1 Å². The first kappa shape index (κ1) is 57.1. The van der Waals surface area contributed by atoms with Gasteiger partial charge in [-0.1, -0.05) is 51.1 Å². The molecule has 2 aliphatic carbocycles. The molecule has 5 N–H and O–H groups in total. The molecule has 15 nitrogen and oxygen atoms in total. The Labute approximate surface area is 431 Å². The Kier molecular flexibility index (Phi) is 17.9. The molecule has 74 heavy (non-hydrogen) atoms. The summed E-state index contributed by atoms with van der Waals surface area (Å²) in [5.74, 6) is -15.8. The molecule has 0 bridgehead atoms. The van der Waals surface area contributed by atoms with E-state index in [0.29, 0.717) is 44.9 Å². The Bertz CT molecular complexity index is 2620. The number of alkyl carbamates (subject to hydrolysis) is 1. The third-order valence-corrected chi connectivity index (χ3v) is 18.8. The van der Waals surface area contributed by atoms with Gasteiger partial charge in [-0.2, -0.15) is 17.6 Å². The van der Waals surface area contributed by atoms with Crippen molar-refractivity contribution in [2.24, 2.45) is 11.8 Å². The predicted molar refractivity (Wildman–Crippen MR) is 275 cm³/mol. The van der Waals surface area contributed by atoms with Crippen LogP contribution in [0.3, 0.4) is 0 Å². The van der Waals surface area contributed by atoms with Crippen LogP contribution in [0.5, 0.6) is 0 Å². The van der Waals surface area contributed by atoms with Gasteiger partial charge in [0, 0.05) is 47.8 Å². The van der Waals surface area contributed by atoms with Crippen LogP contribution in [0.15, 0.2) is 66.7 Å². The number of nitrogens with one attached hydrogen (secondary N) is 5. The minimum absolute atomic E-state index is 0.0781. The average molecular weight is 1050 g/mol. The van der Waals surface area contributed by atoms with Crippen LogP contribution in [0.4, 0.5) is 28.0 Å². The zero-order valence-corrected chi connectivity index (χ0v) is 45.0. The number of hydrogen-bond donors (Lipinski definition) is 5. The zero-order valence-electron chi connectivity index (χ0n) is 44.0. The number of nitrogens with zero attached hydrogens (tertiary/aromatic N) is 2. The molecule has 1 atom stereocenters. The molecule has 1 aromatic heterocycles. The van der Waals surface area contributed by atoms with Gasteiger partial charge >= 0.3 is 23.9 Å². The highest BCUT2D eigenvalue weighted by Gasteiger charge is 2.66. The van der Waals surface area contributed by atoms with Gasteiger partial charge in [-0.15, -0.1) is 10.2 Å². The standard InChI is InChI=1S/C54H71F4N7O8Si/c1-32-29-38(46(67)60-40-24-26-41(27-25-40)73-74(9,10)52(5,6)7)21-28-42(32)35-15-11-33(12-16-35)30-43(62-45(66)37-17-13-34(14-18-37)31-59-50(70)72-51(2,3)4)47(68)61-39-22-19-36(20-23-39)44-63-48(65-64-44)53(55,56)54(57,58)49(69)71-8/h11-12,15-16,19-23,28-29,34,37,40-41,43H,13-14,17-18,24-27,30-31H2,1-10H3,(H,59,70)(H,60,67)(H,61,68)(H,62,66)(H,63,64,65)/t34-,37-,40-,41-,43-/m1/s1. The van der Waals surface area contributed by atoms with E-state index >= 15 is 0 Å². The lowest BCUT2D eigenvalue weighted by Crippen LogP contribution is -2.48. The Balaban J connectivity index is 1.11. The fourth-order valence-electron chi connectivity index (χ4n) is 8.92. The van der Waals surface area contributed by atoms with Gasteiger partial charge in [0.1, 0.15) is 11.6 Å². The number of hydrogen-bond acceptors (Lipinski definition) is 10. The highest BCUT2D eigenvalue weighted by Crippen LogP contribution is 2.43. The first-order valence-corrected chi connectivity index (χ1v) is 28.1. The number of benzene rings is 3. The van der Waals surface area contributed by atoms with Gasteiger partial charge in [0.05, 0.1) is 7.11 Å². The molecule has 4 aromatic rings. The minimum Gasteiger partial charge on any atom is -0.464 e. The number of rotatable bonds is 17. The molecule has 3 aromatic carbocycles. The van der Waals surface area contributed by atoms with Gasteiger partial charge in [-0.3, -0.25) is 14.4 Å². The molecule has 402 valence electrons. The molecule has 2 saturated carbocycles. The second-order valence-electron chi connectivity index (χ2n) is 22.1. The summed E-state index contributed by atoms with van der Waals surface area (Å²) < 4.78 is 73.5. The van der Waals surface area contributed by atoms with Crippen molar-refractivity contribution in [2.75, 3.05) is 19.0 Å². The van der Waals surface area contributed by atoms with Crippen molar-refractivity contribution < 1.29 is 55.4 Å². The van der Waals surface area contributed by atoms with Crippen LogP contribution >= 0.6 is 0 Å². The summed E-state index contributed by atoms with van der Waals surface area (Å²) in [5.41, 5.74) is 3.82. The molecular formula is C54H71F4N7O8Si.